The molecule has 0 bridgehead atoms. The van der Waals surface area contributed by atoms with E-state index < -0.39 is 5.97 Å². The third-order valence-corrected chi connectivity index (χ3v) is 5.42. The molecule has 3 rings (SSSR count). The highest BCUT2D eigenvalue weighted by atomic mass is 32.2. The van der Waals surface area contributed by atoms with Crippen molar-refractivity contribution in [2.75, 3.05) is 5.75 Å². The number of thioether (sulfide) groups is 1. The maximum absolute atomic E-state index is 10.7. The van der Waals surface area contributed by atoms with Crippen LogP contribution in [0.3, 0.4) is 0 Å². The molecule has 110 valence electrons. The van der Waals surface area contributed by atoms with Crippen molar-refractivity contribution in [2.24, 2.45) is 11.8 Å². The van der Waals surface area contributed by atoms with E-state index in [4.69, 9.17) is 5.11 Å². The summed E-state index contributed by atoms with van der Waals surface area (Å²) in [7, 11) is 0. The minimum Gasteiger partial charge on any atom is -0.481 e. The molecule has 2 unspecified atom stereocenters. The summed E-state index contributed by atoms with van der Waals surface area (Å²) in [6.45, 7) is 3.02. The highest BCUT2D eigenvalue weighted by Gasteiger charge is 2.53. The van der Waals surface area contributed by atoms with Gasteiger partial charge in [-0.2, -0.15) is 0 Å². The normalized spacial score (nSPS) is 28.1. The number of fused-ring (bicyclic) bond motifs is 1. The molecule has 2 aliphatic rings. The molecule has 5 nitrogen and oxygen atoms in total. The van der Waals surface area contributed by atoms with Crippen LogP contribution in [0.1, 0.15) is 50.8 Å². The Morgan fingerprint density at radius 3 is 2.65 bits per heavy atom. The molecular formula is C14H21N3O2S. The average molecular weight is 295 g/mol. The fourth-order valence-corrected chi connectivity index (χ4v) is 4.28. The first-order valence-electron chi connectivity index (χ1n) is 7.50. The maximum atomic E-state index is 10.7. The van der Waals surface area contributed by atoms with Gasteiger partial charge in [0, 0.05) is 12.5 Å². The van der Waals surface area contributed by atoms with Gasteiger partial charge in [-0.05, 0) is 31.1 Å². The molecule has 0 radical (unpaired) electrons. The number of carbonyl (C=O) groups is 1. The van der Waals surface area contributed by atoms with Gasteiger partial charge in [0.15, 0.2) is 5.16 Å². The van der Waals surface area contributed by atoms with Crippen LogP contribution in [0.15, 0.2) is 5.16 Å². The van der Waals surface area contributed by atoms with E-state index in [1.165, 1.54) is 37.4 Å². The lowest BCUT2D eigenvalue weighted by atomic mass is 10.0. The minimum atomic E-state index is -0.803. The average Bonchev–Trinajstić information content (AvgIpc) is 3.03. The van der Waals surface area contributed by atoms with Crippen molar-refractivity contribution in [1.29, 1.82) is 0 Å². The van der Waals surface area contributed by atoms with Gasteiger partial charge in [-0.25, -0.2) is 0 Å². The first-order chi connectivity index (χ1) is 9.72. The summed E-state index contributed by atoms with van der Waals surface area (Å²) in [5.41, 5.74) is 0. The fraction of sp³-hybridized carbons (Fsp3) is 0.786. The van der Waals surface area contributed by atoms with Crippen molar-refractivity contribution in [3.05, 3.63) is 5.82 Å². The SMILES string of the molecule is CCCn1c(SCC(=O)O)nnc1C1C2CCCCC21. The van der Waals surface area contributed by atoms with Gasteiger partial charge in [-0.3, -0.25) is 4.79 Å². The summed E-state index contributed by atoms with van der Waals surface area (Å²) in [5, 5.41) is 18.2. The molecule has 1 aromatic heterocycles. The lowest BCUT2D eigenvalue weighted by Gasteiger charge is -2.07. The molecule has 2 aliphatic carbocycles. The van der Waals surface area contributed by atoms with E-state index in [-0.39, 0.29) is 5.75 Å². The molecular weight excluding hydrogens is 274 g/mol. The van der Waals surface area contributed by atoms with Crippen LogP contribution in [0, 0.1) is 11.8 Å². The quantitative estimate of drug-likeness (QED) is 0.817. The zero-order chi connectivity index (χ0) is 14.1. The van der Waals surface area contributed by atoms with Crippen molar-refractivity contribution in [1.82, 2.24) is 14.8 Å². The molecule has 0 saturated heterocycles. The summed E-state index contributed by atoms with van der Waals surface area (Å²) in [4.78, 5) is 10.7. The number of carboxylic acids is 1. The van der Waals surface area contributed by atoms with Crippen molar-refractivity contribution in [3.8, 4) is 0 Å². The van der Waals surface area contributed by atoms with Crippen LogP contribution in [-0.4, -0.2) is 31.6 Å². The van der Waals surface area contributed by atoms with Crippen LogP contribution in [0.25, 0.3) is 0 Å². The van der Waals surface area contributed by atoms with Crippen molar-refractivity contribution in [3.63, 3.8) is 0 Å². The Balaban J connectivity index is 1.78. The zero-order valence-corrected chi connectivity index (χ0v) is 12.6. The Morgan fingerprint density at radius 2 is 2.05 bits per heavy atom. The molecule has 1 heterocycles. The van der Waals surface area contributed by atoms with E-state index in [0.29, 0.717) is 5.92 Å². The fourth-order valence-electron chi connectivity index (χ4n) is 3.59. The second kappa shape index (κ2) is 5.76. The Labute approximate surface area is 123 Å². The largest absolute Gasteiger partial charge is 0.481 e. The van der Waals surface area contributed by atoms with E-state index in [9.17, 15) is 4.79 Å². The molecule has 0 amide bonds. The summed E-state index contributed by atoms with van der Waals surface area (Å²) in [6.07, 6.45) is 6.37. The Morgan fingerprint density at radius 1 is 1.35 bits per heavy atom. The molecule has 2 saturated carbocycles. The lowest BCUT2D eigenvalue weighted by Crippen LogP contribution is -2.06. The predicted molar refractivity (Wildman–Crippen MR) is 76.9 cm³/mol. The van der Waals surface area contributed by atoms with Gasteiger partial charge in [0.25, 0.3) is 0 Å². The number of hydrogen-bond donors (Lipinski definition) is 1. The summed E-state index contributed by atoms with van der Waals surface area (Å²) < 4.78 is 2.16. The molecule has 1 N–H and O–H groups in total. The molecule has 6 heteroatoms. The van der Waals surface area contributed by atoms with Crippen LogP contribution in [0.2, 0.25) is 0 Å². The zero-order valence-electron chi connectivity index (χ0n) is 11.8. The van der Waals surface area contributed by atoms with E-state index in [1.807, 2.05) is 0 Å². The number of rotatable bonds is 6. The number of carboxylic acid groups (broad SMARTS) is 1. The van der Waals surface area contributed by atoms with Gasteiger partial charge in [-0.15, -0.1) is 10.2 Å². The number of nitrogens with zero attached hydrogens (tertiary/aromatic N) is 3. The third-order valence-electron chi connectivity index (χ3n) is 4.47. The number of aromatic nitrogens is 3. The van der Waals surface area contributed by atoms with Crippen molar-refractivity contribution in [2.45, 2.75) is 56.6 Å². The molecule has 0 aromatic carbocycles. The van der Waals surface area contributed by atoms with Gasteiger partial charge in [0.2, 0.25) is 0 Å². The first kappa shape index (κ1) is 13.9. The van der Waals surface area contributed by atoms with Gasteiger partial charge in [0.1, 0.15) is 5.82 Å². The number of aliphatic carboxylic acids is 1. The summed E-state index contributed by atoms with van der Waals surface area (Å²) in [6, 6.07) is 0. The van der Waals surface area contributed by atoms with Crippen LogP contribution in [0.4, 0.5) is 0 Å². The molecule has 20 heavy (non-hydrogen) atoms. The Kier molecular flexibility index (Phi) is 4.01. The van der Waals surface area contributed by atoms with Gasteiger partial charge < -0.3 is 9.67 Å². The third kappa shape index (κ3) is 2.57. The standard InChI is InChI=1S/C14H21N3O2S/c1-2-7-17-13(12-9-5-3-4-6-10(9)12)15-16-14(17)20-8-11(18)19/h9-10,12H,2-8H2,1H3,(H,18,19). The number of hydrogen-bond acceptors (Lipinski definition) is 4. The Bertz CT molecular complexity index is 491. The molecule has 0 spiro atoms. The monoisotopic (exact) mass is 295 g/mol. The molecule has 1 aromatic rings. The minimum absolute atomic E-state index is 0.0549. The highest BCUT2D eigenvalue weighted by Crippen LogP contribution is 2.60. The molecule has 2 atom stereocenters. The van der Waals surface area contributed by atoms with Gasteiger partial charge >= 0.3 is 5.97 Å². The van der Waals surface area contributed by atoms with E-state index in [1.54, 1.807) is 0 Å². The second-order valence-electron chi connectivity index (χ2n) is 5.81. The van der Waals surface area contributed by atoms with Crippen LogP contribution < -0.4 is 0 Å². The first-order valence-corrected chi connectivity index (χ1v) is 8.48. The highest BCUT2D eigenvalue weighted by molar-refractivity contribution is 7.99. The van der Waals surface area contributed by atoms with Crippen molar-refractivity contribution >= 4 is 17.7 Å². The molecule has 2 fully saturated rings. The van der Waals surface area contributed by atoms with Gasteiger partial charge in [-0.1, -0.05) is 31.5 Å². The topological polar surface area (TPSA) is 68.0 Å². The van der Waals surface area contributed by atoms with Crippen LogP contribution in [0.5, 0.6) is 0 Å². The smallest absolute Gasteiger partial charge is 0.313 e. The summed E-state index contributed by atoms with van der Waals surface area (Å²) in [5.74, 6) is 2.55. The lowest BCUT2D eigenvalue weighted by molar-refractivity contribution is -0.133. The van der Waals surface area contributed by atoms with E-state index in [2.05, 4.69) is 21.7 Å². The van der Waals surface area contributed by atoms with E-state index in [0.717, 1.165) is 35.8 Å². The van der Waals surface area contributed by atoms with Gasteiger partial charge in [0.05, 0.1) is 5.75 Å². The van der Waals surface area contributed by atoms with Crippen molar-refractivity contribution < 1.29 is 9.90 Å². The van der Waals surface area contributed by atoms with E-state index >= 15 is 0 Å². The van der Waals surface area contributed by atoms with Crippen LogP contribution in [-0.2, 0) is 11.3 Å². The molecule has 0 aliphatic heterocycles. The predicted octanol–water partition coefficient (Wildman–Crippen LogP) is 2.77. The summed E-state index contributed by atoms with van der Waals surface area (Å²) >= 11 is 1.28. The van der Waals surface area contributed by atoms with Crippen LogP contribution >= 0.6 is 11.8 Å². The Hall–Kier alpha value is -1.04. The maximum Gasteiger partial charge on any atom is 0.313 e. The second-order valence-corrected chi connectivity index (χ2v) is 6.76.